The number of anilines is 1. The van der Waals surface area contributed by atoms with Crippen molar-refractivity contribution in [3.63, 3.8) is 0 Å². The molecule has 3 rings (SSSR count). The quantitative estimate of drug-likeness (QED) is 0.726. The highest BCUT2D eigenvalue weighted by Gasteiger charge is 2.05. The second-order valence-electron chi connectivity index (χ2n) is 4.46. The molecule has 6 heteroatoms. The van der Waals surface area contributed by atoms with E-state index in [1.54, 1.807) is 18.3 Å². The van der Waals surface area contributed by atoms with Crippen LogP contribution in [0, 0.1) is 5.82 Å². The predicted octanol–water partition coefficient (Wildman–Crippen LogP) is 3.43. The lowest BCUT2D eigenvalue weighted by Crippen LogP contribution is -2.13. The lowest BCUT2D eigenvalue weighted by molar-refractivity contribution is -0.113. The Hall–Kier alpha value is -2.34. The van der Waals surface area contributed by atoms with Gasteiger partial charge in [0.2, 0.25) is 5.91 Å². The SMILES string of the molecule is O=C(CSc1ccc(F)cc1)Nc1ccc2[nH]ncc2c1. The molecular formula is C15H12FN3OS. The Labute approximate surface area is 124 Å². The van der Waals surface area contributed by atoms with E-state index in [-0.39, 0.29) is 17.5 Å². The van der Waals surface area contributed by atoms with Gasteiger partial charge in [0.15, 0.2) is 0 Å². The van der Waals surface area contributed by atoms with Gasteiger partial charge in [-0.2, -0.15) is 5.10 Å². The molecule has 0 fully saturated rings. The van der Waals surface area contributed by atoms with Gasteiger partial charge in [0.25, 0.3) is 0 Å². The minimum absolute atomic E-state index is 0.104. The Morgan fingerprint density at radius 1 is 1.24 bits per heavy atom. The summed E-state index contributed by atoms with van der Waals surface area (Å²) >= 11 is 1.36. The largest absolute Gasteiger partial charge is 0.325 e. The van der Waals surface area contributed by atoms with Crippen LogP contribution in [0.5, 0.6) is 0 Å². The molecule has 0 unspecified atom stereocenters. The second-order valence-corrected chi connectivity index (χ2v) is 5.51. The fraction of sp³-hybridized carbons (Fsp3) is 0.0667. The molecule has 0 bridgehead atoms. The van der Waals surface area contributed by atoms with Gasteiger partial charge in [-0.1, -0.05) is 0 Å². The van der Waals surface area contributed by atoms with E-state index in [4.69, 9.17) is 0 Å². The normalized spacial score (nSPS) is 10.7. The number of thioether (sulfide) groups is 1. The molecule has 3 aromatic rings. The molecule has 1 amide bonds. The van der Waals surface area contributed by atoms with Crippen molar-refractivity contribution in [3.05, 3.63) is 54.5 Å². The number of carbonyl (C=O) groups excluding carboxylic acids is 1. The number of hydrogen-bond donors (Lipinski definition) is 2. The van der Waals surface area contributed by atoms with Crippen molar-refractivity contribution in [3.8, 4) is 0 Å². The number of H-pyrrole nitrogens is 1. The summed E-state index contributed by atoms with van der Waals surface area (Å²) in [6, 6.07) is 11.6. The Morgan fingerprint density at radius 2 is 2.05 bits per heavy atom. The van der Waals surface area contributed by atoms with Crippen molar-refractivity contribution in [1.82, 2.24) is 10.2 Å². The van der Waals surface area contributed by atoms with Crippen LogP contribution in [0.1, 0.15) is 0 Å². The summed E-state index contributed by atoms with van der Waals surface area (Å²) in [5.41, 5.74) is 1.65. The number of rotatable bonds is 4. The fourth-order valence-electron chi connectivity index (χ4n) is 1.90. The lowest BCUT2D eigenvalue weighted by atomic mass is 10.2. The van der Waals surface area contributed by atoms with Gasteiger partial charge in [-0.3, -0.25) is 9.89 Å². The Morgan fingerprint density at radius 3 is 2.86 bits per heavy atom. The highest BCUT2D eigenvalue weighted by Crippen LogP contribution is 2.20. The molecule has 4 nitrogen and oxygen atoms in total. The van der Waals surface area contributed by atoms with Crippen molar-refractivity contribution in [2.24, 2.45) is 0 Å². The molecule has 0 saturated heterocycles. The molecule has 21 heavy (non-hydrogen) atoms. The number of amides is 1. The Kier molecular flexibility index (Phi) is 3.87. The highest BCUT2D eigenvalue weighted by molar-refractivity contribution is 8.00. The van der Waals surface area contributed by atoms with Crippen molar-refractivity contribution >= 4 is 34.3 Å². The number of carbonyl (C=O) groups is 1. The summed E-state index contributed by atoms with van der Waals surface area (Å²) in [7, 11) is 0. The van der Waals surface area contributed by atoms with Crippen LogP contribution in [0.15, 0.2) is 53.6 Å². The molecule has 0 radical (unpaired) electrons. The minimum atomic E-state index is -0.280. The number of halogens is 1. The van der Waals surface area contributed by atoms with Crippen LogP contribution in [0.2, 0.25) is 0 Å². The zero-order valence-corrected chi connectivity index (χ0v) is 11.8. The van der Waals surface area contributed by atoms with E-state index in [9.17, 15) is 9.18 Å². The van der Waals surface area contributed by atoms with E-state index in [1.807, 2.05) is 18.2 Å². The van der Waals surface area contributed by atoms with Crippen LogP contribution in [-0.4, -0.2) is 21.9 Å². The molecule has 0 atom stereocenters. The zero-order valence-electron chi connectivity index (χ0n) is 11.0. The number of aromatic amines is 1. The van der Waals surface area contributed by atoms with Gasteiger partial charge in [-0.25, -0.2) is 4.39 Å². The molecule has 0 saturated carbocycles. The van der Waals surface area contributed by atoms with Crippen LogP contribution in [0.25, 0.3) is 10.9 Å². The highest BCUT2D eigenvalue weighted by atomic mass is 32.2. The first kappa shape index (κ1) is 13.6. The average Bonchev–Trinajstić information content (AvgIpc) is 2.94. The molecule has 2 N–H and O–H groups in total. The standard InChI is InChI=1S/C15H12FN3OS/c16-11-1-4-13(5-2-11)21-9-15(20)18-12-3-6-14-10(7-12)8-17-19-14/h1-8H,9H2,(H,17,19)(H,18,20). The average molecular weight is 301 g/mol. The van der Waals surface area contributed by atoms with Gasteiger partial charge in [-0.15, -0.1) is 11.8 Å². The van der Waals surface area contributed by atoms with Crippen LogP contribution < -0.4 is 5.32 Å². The number of aromatic nitrogens is 2. The van der Waals surface area contributed by atoms with Crippen molar-refractivity contribution in [2.45, 2.75) is 4.90 Å². The number of nitrogens with zero attached hydrogens (tertiary/aromatic N) is 1. The summed E-state index contributed by atoms with van der Waals surface area (Å²) in [5.74, 6) is -0.112. The van der Waals surface area contributed by atoms with Crippen molar-refractivity contribution < 1.29 is 9.18 Å². The van der Waals surface area contributed by atoms with Crippen LogP contribution in [-0.2, 0) is 4.79 Å². The monoisotopic (exact) mass is 301 g/mol. The summed E-state index contributed by atoms with van der Waals surface area (Å²) in [5, 5.41) is 10.6. The second kappa shape index (κ2) is 5.97. The number of fused-ring (bicyclic) bond motifs is 1. The van der Waals surface area contributed by atoms with Gasteiger partial charge in [-0.05, 0) is 42.5 Å². The maximum Gasteiger partial charge on any atom is 0.234 e. The van der Waals surface area contributed by atoms with E-state index >= 15 is 0 Å². The fourth-order valence-corrected chi connectivity index (χ4v) is 2.60. The topological polar surface area (TPSA) is 57.8 Å². The number of hydrogen-bond acceptors (Lipinski definition) is 3. The summed E-state index contributed by atoms with van der Waals surface area (Å²) in [6.45, 7) is 0. The van der Waals surface area contributed by atoms with Gasteiger partial charge in [0.05, 0.1) is 17.5 Å². The van der Waals surface area contributed by atoms with Gasteiger partial charge in [0.1, 0.15) is 5.82 Å². The van der Waals surface area contributed by atoms with E-state index in [0.29, 0.717) is 0 Å². The Bertz CT molecular complexity index is 770. The zero-order chi connectivity index (χ0) is 14.7. The molecule has 0 aliphatic carbocycles. The number of benzene rings is 2. The molecular weight excluding hydrogens is 289 g/mol. The lowest BCUT2D eigenvalue weighted by Gasteiger charge is -2.05. The molecule has 2 aromatic carbocycles. The first-order valence-corrected chi connectivity index (χ1v) is 7.30. The number of nitrogens with one attached hydrogen (secondary N) is 2. The molecule has 0 spiro atoms. The van der Waals surface area contributed by atoms with Crippen molar-refractivity contribution in [2.75, 3.05) is 11.1 Å². The minimum Gasteiger partial charge on any atom is -0.325 e. The van der Waals surface area contributed by atoms with Crippen molar-refractivity contribution in [1.29, 1.82) is 0 Å². The molecule has 0 aliphatic rings. The Balaban J connectivity index is 1.59. The molecule has 1 aromatic heterocycles. The summed E-state index contributed by atoms with van der Waals surface area (Å²) < 4.78 is 12.8. The predicted molar refractivity (Wildman–Crippen MR) is 81.8 cm³/mol. The third-order valence-corrected chi connectivity index (χ3v) is 3.92. The van der Waals surface area contributed by atoms with Gasteiger partial charge < -0.3 is 5.32 Å². The first-order valence-electron chi connectivity index (χ1n) is 6.32. The third-order valence-electron chi connectivity index (χ3n) is 2.91. The third kappa shape index (κ3) is 3.41. The smallest absolute Gasteiger partial charge is 0.234 e. The molecule has 1 heterocycles. The first-order chi connectivity index (χ1) is 10.2. The van der Waals surface area contributed by atoms with E-state index in [2.05, 4.69) is 15.5 Å². The van der Waals surface area contributed by atoms with E-state index < -0.39 is 0 Å². The van der Waals surface area contributed by atoms with E-state index in [0.717, 1.165) is 21.5 Å². The summed E-state index contributed by atoms with van der Waals surface area (Å²) in [6.07, 6.45) is 1.71. The van der Waals surface area contributed by atoms with Gasteiger partial charge >= 0.3 is 0 Å². The van der Waals surface area contributed by atoms with E-state index in [1.165, 1.54) is 23.9 Å². The maximum absolute atomic E-state index is 12.8. The molecule has 106 valence electrons. The summed E-state index contributed by atoms with van der Waals surface area (Å²) in [4.78, 5) is 12.8. The molecule has 0 aliphatic heterocycles. The van der Waals surface area contributed by atoms with Crippen LogP contribution >= 0.6 is 11.8 Å². The van der Waals surface area contributed by atoms with Crippen LogP contribution in [0.3, 0.4) is 0 Å². The maximum atomic E-state index is 12.8. The van der Waals surface area contributed by atoms with Gasteiger partial charge in [0, 0.05) is 16.0 Å². The van der Waals surface area contributed by atoms with Crippen LogP contribution in [0.4, 0.5) is 10.1 Å².